The number of piperidine rings is 1. The molecule has 5 rings (SSSR count). The molecule has 9 heteroatoms. The first kappa shape index (κ1) is 28.6. The van der Waals surface area contributed by atoms with E-state index in [2.05, 4.69) is 15.1 Å². The number of nitrogens with zero attached hydrogens (tertiary/aromatic N) is 3. The molecule has 2 aromatic rings. The third-order valence-corrected chi connectivity index (χ3v) is 9.32. The van der Waals surface area contributed by atoms with Gasteiger partial charge in [-0.2, -0.15) is 0 Å². The number of para-hydroxylation sites is 1. The lowest BCUT2D eigenvalue weighted by Crippen LogP contribution is -2.47. The van der Waals surface area contributed by atoms with Gasteiger partial charge in [0.25, 0.3) is 0 Å². The predicted molar refractivity (Wildman–Crippen MR) is 153 cm³/mol. The van der Waals surface area contributed by atoms with Gasteiger partial charge in [0.1, 0.15) is 17.9 Å². The van der Waals surface area contributed by atoms with E-state index in [0.29, 0.717) is 35.8 Å². The van der Waals surface area contributed by atoms with Gasteiger partial charge in [0.2, 0.25) is 0 Å². The first-order valence-corrected chi connectivity index (χ1v) is 14.6. The van der Waals surface area contributed by atoms with E-state index in [9.17, 15) is 14.3 Å². The molecule has 3 aliphatic rings. The molecular weight excluding hydrogens is 514 g/mol. The first-order chi connectivity index (χ1) is 19.4. The Morgan fingerprint density at radius 2 is 1.82 bits per heavy atom. The SMILES string of the molecule is COc1cc(N2CCC(CN3CCNCC3)CC2)c(F)cc1C(N(C)c1cccc(F)c1O)C1(C=O)CCCC1. The number of ether oxygens (including phenoxy) is 1. The van der Waals surface area contributed by atoms with Gasteiger partial charge in [-0.3, -0.25) is 0 Å². The molecule has 2 N–H and O–H groups in total. The van der Waals surface area contributed by atoms with Crippen LogP contribution in [0.25, 0.3) is 0 Å². The summed E-state index contributed by atoms with van der Waals surface area (Å²) >= 11 is 0. The number of phenolic OH excluding ortho intramolecular Hbond substituents is 1. The number of aromatic hydroxyl groups is 1. The molecule has 0 spiro atoms. The summed E-state index contributed by atoms with van der Waals surface area (Å²) in [6, 6.07) is 6.91. The number of hydrogen-bond acceptors (Lipinski definition) is 7. The Morgan fingerprint density at radius 3 is 2.48 bits per heavy atom. The van der Waals surface area contributed by atoms with Gasteiger partial charge < -0.3 is 34.7 Å². The number of piperazine rings is 1. The molecule has 0 bridgehead atoms. The lowest BCUT2D eigenvalue weighted by Gasteiger charge is -2.42. The van der Waals surface area contributed by atoms with Crippen LogP contribution < -0.4 is 19.9 Å². The van der Waals surface area contributed by atoms with Gasteiger partial charge in [-0.25, -0.2) is 8.78 Å². The van der Waals surface area contributed by atoms with Crippen molar-refractivity contribution < 1.29 is 23.4 Å². The van der Waals surface area contributed by atoms with E-state index < -0.39 is 23.0 Å². The number of anilines is 2. The zero-order valence-electron chi connectivity index (χ0n) is 23.7. The maximum absolute atomic E-state index is 16.0. The highest BCUT2D eigenvalue weighted by Gasteiger charge is 2.46. The number of hydrogen-bond donors (Lipinski definition) is 2. The van der Waals surface area contributed by atoms with Crippen LogP contribution in [0.5, 0.6) is 11.5 Å². The van der Waals surface area contributed by atoms with Gasteiger partial charge in [-0.1, -0.05) is 18.9 Å². The Balaban J connectivity index is 1.44. The maximum atomic E-state index is 16.0. The predicted octanol–water partition coefficient (Wildman–Crippen LogP) is 4.74. The van der Waals surface area contributed by atoms with E-state index in [1.807, 2.05) is 0 Å². The average Bonchev–Trinajstić information content (AvgIpc) is 3.46. The van der Waals surface area contributed by atoms with Gasteiger partial charge in [0.15, 0.2) is 11.6 Å². The highest BCUT2D eigenvalue weighted by molar-refractivity contribution is 5.69. The standard InChI is InChI=1S/C31H42F2N4O3/c1-35(26-7-5-6-24(32)29(26)39)30(31(21-38)10-3-4-11-31)23-18-25(33)27(19-28(23)40-2)37-14-8-22(9-15-37)20-36-16-12-34-13-17-36/h5-7,18-19,21-22,30,34,39H,3-4,8-17,20H2,1-2H3. The Hall–Kier alpha value is -2.91. The molecule has 0 amide bonds. The molecule has 7 nitrogen and oxygen atoms in total. The van der Waals surface area contributed by atoms with Gasteiger partial charge >= 0.3 is 0 Å². The molecule has 0 aromatic heterocycles. The van der Waals surface area contributed by atoms with Crippen molar-refractivity contribution in [3.05, 3.63) is 47.5 Å². The van der Waals surface area contributed by atoms with Crippen LogP contribution in [0.3, 0.4) is 0 Å². The summed E-state index contributed by atoms with van der Waals surface area (Å²) in [5, 5.41) is 14.0. The molecule has 1 unspecified atom stereocenters. The third-order valence-electron chi connectivity index (χ3n) is 9.32. The summed E-state index contributed by atoms with van der Waals surface area (Å²) in [6.45, 7) is 6.88. The van der Waals surface area contributed by atoms with Gasteiger partial charge in [-0.15, -0.1) is 0 Å². The van der Waals surface area contributed by atoms with Crippen molar-refractivity contribution in [3.8, 4) is 11.5 Å². The molecule has 1 aliphatic carbocycles. The highest BCUT2D eigenvalue weighted by atomic mass is 19.1. The largest absolute Gasteiger partial charge is 0.503 e. The van der Waals surface area contributed by atoms with Gasteiger partial charge in [-0.05, 0) is 49.8 Å². The van der Waals surface area contributed by atoms with Crippen molar-refractivity contribution in [2.75, 3.05) is 69.8 Å². The number of nitrogens with one attached hydrogen (secondary N) is 1. The summed E-state index contributed by atoms with van der Waals surface area (Å²) < 4.78 is 36.2. The molecule has 218 valence electrons. The minimum atomic E-state index is -0.822. The second-order valence-corrected chi connectivity index (χ2v) is 11.7. The van der Waals surface area contributed by atoms with Crippen molar-refractivity contribution in [1.29, 1.82) is 0 Å². The third kappa shape index (κ3) is 5.63. The Labute approximate surface area is 236 Å². The normalized spacial score (nSPS) is 20.9. The number of carbonyl (C=O) groups excluding carboxylic acids is 1. The lowest BCUT2D eigenvalue weighted by atomic mass is 9.75. The lowest BCUT2D eigenvalue weighted by molar-refractivity contribution is -0.117. The van der Waals surface area contributed by atoms with E-state index >= 15 is 4.39 Å². The van der Waals surface area contributed by atoms with Crippen LogP contribution in [0, 0.1) is 23.0 Å². The van der Waals surface area contributed by atoms with E-state index in [4.69, 9.17) is 4.74 Å². The number of benzene rings is 2. The topological polar surface area (TPSA) is 68.3 Å². The molecule has 2 saturated heterocycles. The van der Waals surface area contributed by atoms with Crippen LogP contribution in [0.2, 0.25) is 0 Å². The van der Waals surface area contributed by atoms with Crippen molar-refractivity contribution in [1.82, 2.24) is 10.2 Å². The fraction of sp³-hybridized carbons (Fsp3) is 0.581. The van der Waals surface area contributed by atoms with Crippen LogP contribution in [-0.4, -0.2) is 76.3 Å². The Kier molecular flexibility index (Phi) is 8.80. The second kappa shape index (κ2) is 12.3. The molecule has 2 heterocycles. The number of carbonyl (C=O) groups is 1. The molecular formula is C31H42F2N4O3. The minimum Gasteiger partial charge on any atom is -0.503 e. The molecule has 1 saturated carbocycles. The van der Waals surface area contributed by atoms with Gasteiger partial charge in [0, 0.05) is 64.5 Å². The van der Waals surface area contributed by atoms with Crippen LogP contribution in [0.1, 0.15) is 50.1 Å². The number of rotatable bonds is 9. The molecule has 2 aliphatic heterocycles. The summed E-state index contributed by atoms with van der Waals surface area (Å²) in [4.78, 5) is 19.0. The van der Waals surface area contributed by atoms with Crippen LogP contribution >= 0.6 is 0 Å². The molecule has 3 fully saturated rings. The highest BCUT2D eigenvalue weighted by Crippen LogP contribution is 2.53. The van der Waals surface area contributed by atoms with E-state index in [1.54, 1.807) is 31.2 Å². The number of phenols is 1. The van der Waals surface area contributed by atoms with E-state index in [1.165, 1.54) is 18.2 Å². The Morgan fingerprint density at radius 1 is 1.12 bits per heavy atom. The average molecular weight is 557 g/mol. The minimum absolute atomic E-state index is 0.247. The monoisotopic (exact) mass is 556 g/mol. The number of aldehydes is 1. The summed E-state index contributed by atoms with van der Waals surface area (Å²) in [6.07, 6.45) is 5.95. The molecule has 40 heavy (non-hydrogen) atoms. The molecule has 2 aromatic carbocycles. The van der Waals surface area contributed by atoms with Crippen LogP contribution in [0.4, 0.5) is 20.2 Å². The molecule has 0 radical (unpaired) electrons. The van der Waals surface area contributed by atoms with E-state index in [0.717, 1.165) is 77.8 Å². The quantitative estimate of drug-likeness (QED) is 0.433. The van der Waals surface area contributed by atoms with Gasteiger partial charge in [0.05, 0.1) is 29.9 Å². The van der Waals surface area contributed by atoms with Crippen molar-refractivity contribution in [2.24, 2.45) is 11.3 Å². The fourth-order valence-electron chi connectivity index (χ4n) is 7.13. The van der Waals surface area contributed by atoms with Crippen LogP contribution in [0.15, 0.2) is 30.3 Å². The zero-order valence-corrected chi connectivity index (χ0v) is 23.7. The van der Waals surface area contributed by atoms with Crippen LogP contribution in [-0.2, 0) is 4.79 Å². The fourth-order valence-corrected chi connectivity index (χ4v) is 7.13. The number of halogens is 2. The van der Waals surface area contributed by atoms with Crippen molar-refractivity contribution in [2.45, 2.75) is 44.6 Å². The Bertz CT molecular complexity index is 1180. The summed E-state index contributed by atoms with van der Waals surface area (Å²) in [7, 11) is 3.27. The van der Waals surface area contributed by atoms with E-state index in [-0.39, 0.29) is 11.5 Å². The number of methoxy groups -OCH3 is 1. The smallest absolute Gasteiger partial charge is 0.175 e. The maximum Gasteiger partial charge on any atom is 0.175 e. The first-order valence-electron chi connectivity index (χ1n) is 14.6. The van der Waals surface area contributed by atoms with Crippen molar-refractivity contribution in [3.63, 3.8) is 0 Å². The molecule has 1 atom stereocenters. The second-order valence-electron chi connectivity index (χ2n) is 11.7. The zero-order chi connectivity index (χ0) is 28.3. The summed E-state index contributed by atoms with van der Waals surface area (Å²) in [5.74, 6) is -0.514. The van der Waals surface area contributed by atoms with Crippen molar-refractivity contribution >= 4 is 17.7 Å². The summed E-state index contributed by atoms with van der Waals surface area (Å²) in [5.41, 5.74) is 0.452.